The van der Waals surface area contributed by atoms with Crippen LogP contribution in [-0.2, 0) is 0 Å². The number of ether oxygens (including phenoxy) is 2. The summed E-state index contributed by atoms with van der Waals surface area (Å²) in [6, 6.07) is 15.6. The van der Waals surface area contributed by atoms with E-state index >= 15 is 0 Å². The number of benzene rings is 2. The average molecular weight is 531 g/mol. The predicted octanol–water partition coefficient (Wildman–Crippen LogP) is 3.70. The Morgan fingerprint density at radius 2 is 1.86 bits per heavy atom. The van der Waals surface area contributed by atoms with Gasteiger partial charge in [-0.2, -0.15) is 0 Å². The van der Waals surface area contributed by atoms with Crippen molar-refractivity contribution in [2.75, 3.05) is 39.6 Å². The molecule has 0 aliphatic carbocycles. The number of nitrogens with one attached hydrogen (secondary N) is 2. The van der Waals surface area contributed by atoms with Crippen molar-refractivity contribution in [1.29, 1.82) is 0 Å². The van der Waals surface area contributed by atoms with Crippen LogP contribution < -0.4 is 20.1 Å². The van der Waals surface area contributed by atoms with E-state index < -0.39 is 6.10 Å². The number of hydrogen-bond acceptors (Lipinski definition) is 5. The summed E-state index contributed by atoms with van der Waals surface area (Å²) in [5.41, 5.74) is 0.654. The van der Waals surface area contributed by atoms with Gasteiger partial charge in [0.2, 0.25) is 0 Å². The van der Waals surface area contributed by atoms with E-state index in [0.29, 0.717) is 23.0 Å². The third-order valence-corrected chi connectivity index (χ3v) is 4.98. The zero-order valence-electron chi connectivity index (χ0n) is 17.1. The maximum absolute atomic E-state index is 10.6. The molecule has 0 bridgehead atoms. The summed E-state index contributed by atoms with van der Waals surface area (Å²) in [5, 5.41) is 17.1. The van der Waals surface area contributed by atoms with Crippen molar-refractivity contribution in [2.45, 2.75) is 17.9 Å². The molecule has 0 aromatic heterocycles. The van der Waals surface area contributed by atoms with Crippen molar-refractivity contribution in [2.24, 2.45) is 4.99 Å². The Labute approximate surface area is 194 Å². The number of nitrogens with zero attached hydrogens (tertiary/aromatic N) is 1. The fourth-order valence-electron chi connectivity index (χ4n) is 2.57. The molecule has 0 radical (unpaired) electrons. The molecule has 0 aliphatic heterocycles. The highest BCUT2D eigenvalue weighted by Crippen LogP contribution is 2.29. The molecule has 8 heteroatoms. The monoisotopic (exact) mass is 531 g/mol. The molecule has 0 aliphatic rings. The number of halogens is 1. The van der Waals surface area contributed by atoms with E-state index in [1.807, 2.05) is 25.1 Å². The van der Waals surface area contributed by atoms with E-state index in [-0.39, 0.29) is 30.5 Å². The number of aliphatic hydroxyl groups is 1. The zero-order chi connectivity index (χ0) is 20.2. The predicted molar refractivity (Wildman–Crippen MR) is 131 cm³/mol. The number of hydrogen-bond donors (Lipinski definition) is 3. The normalized spacial score (nSPS) is 11.9. The Morgan fingerprint density at radius 1 is 1.10 bits per heavy atom. The van der Waals surface area contributed by atoms with Crippen LogP contribution in [0.25, 0.3) is 0 Å². The van der Waals surface area contributed by atoms with Gasteiger partial charge in [0.25, 0.3) is 0 Å². The lowest BCUT2D eigenvalue weighted by atomic mass is 10.1. The molecule has 0 heterocycles. The number of aliphatic imine (C=N–C) groups is 1. The summed E-state index contributed by atoms with van der Waals surface area (Å²) in [6.07, 6.45) is -0.792. The second-order valence-corrected chi connectivity index (χ2v) is 7.10. The fourth-order valence-corrected chi connectivity index (χ4v) is 3.36. The van der Waals surface area contributed by atoms with Crippen molar-refractivity contribution >= 4 is 41.7 Å². The van der Waals surface area contributed by atoms with Gasteiger partial charge in [-0.25, -0.2) is 0 Å². The van der Waals surface area contributed by atoms with Crippen LogP contribution in [0.15, 0.2) is 58.4 Å². The molecule has 160 valence electrons. The van der Waals surface area contributed by atoms with Crippen molar-refractivity contribution in [3.05, 3.63) is 54.1 Å². The maximum atomic E-state index is 10.6. The Hall–Kier alpha value is -1.65. The van der Waals surface area contributed by atoms with Gasteiger partial charge in [-0.1, -0.05) is 18.2 Å². The molecule has 1 atom stereocenters. The molecule has 1 unspecified atom stereocenters. The molecule has 3 N–H and O–H groups in total. The van der Waals surface area contributed by atoms with Crippen LogP contribution in [0.4, 0.5) is 0 Å². The number of methoxy groups -OCH3 is 2. The third kappa shape index (κ3) is 8.71. The summed E-state index contributed by atoms with van der Waals surface area (Å²) in [6.45, 7) is 3.74. The minimum atomic E-state index is -0.792. The van der Waals surface area contributed by atoms with E-state index in [1.54, 1.807) is 44.2 Å². The fraction of sp³-hybridized carbons (Fsp3) is 0.381. The quantitative estimate of drug-likeness (QED) is 0.143. The van der Waals surface area contributed by atoms with Crippen molar-refractivity contribution < 1.29 is 14.6 Å². The first-order valence-electron chi connectivity index (χ1n) is 9.28. The van der Waals surface area contributed by atoms with E-state index in [2.05, 4.69) is 27.8 Å². The minimum absolute atomic E-state index is 0. The highest BCUT2D eigenvalue weighted by Gasteiger charge is 2.14. The van der Waals surface area contributed by atoms with E-state index in [9.17, 15) is 5.11 Å². The molecule has 0 spiro atoms. The van der Waals surface area contributed by atoms with Crippen LogP contribution in [-0.4, -0.2) is 50.7 Å². The Bertz CT molecular complexity index is 747. The van der Waals surface area contributed by atoms with Gasteiger partial charge in [0, 0.05) is 29.3 Å². The smallest absolute Gasteiger partial charge is 0.191 e. The van der Waals surface area contributed by atoms with Gasteiger partial charge in [-0.05, 0) is 37.3 Å². The molecule has 0 saturated carbocycles. The zero-order valence-corrected chi connectivity index (χ0v) is 20.2. The first kappa shape index (κ1) is 25.4. The van der Waals surface area contributed by atoms with Gasteiger partial charge in [-0.15, -0.1) is 35.7 Å². The highest BCUT2D eigenvalue weighted by molar-refractivity contribution is 14.0. The molecule has 0 fully saturated rings. The third-order valence-electron chi connectivity index (χ3n) is 3.97. The van der Waals surface area contributed by atoms with Crippen LogP contribution in [0.2, 0.25) is 0 Å². The van der Waals surface area contributed by atoms with E-state index in [1.165, 1.54) is 4.90 Å². The average Bonchev–Trinajstić information content (AvgIpc) is 2.74. The molecule has 0 saturated heterocycles. The summed E-state index contributed by atoms with van der Waals surface area (Å²) in [4.78, 5) is 5.75. The van der Waals surface area contributed by atoms with Gasteiger partial charge < -0.3 is 25.2 Å². The molecule has 6 nitrogen and oxygen atoms in total. The Kier molecular flexibility index (Phi) is 12.6. The van der Waals surface area contributed by atoms with Crippen molar-refractivity contribution in [3.8, 4) is 11.5 Å². The van der Waals surface area contributed by atoms with Crippen LogP contribution in [0.1, 0.15) is 18.6 Å². The van der Waals surface area contributed by atoms with Crippen LogP contribution in [0, 0.1) is 0 Å². The van der Waals surface area contributed by atoms with E-state index in [4.69, 9.17) is 9.47 Å². The SMILES string of the molecule is CCNC(=NCC(O)c1cc(OC)ccc1OC)NCCSc1ccccc1.I. The lowest BCUT2D eigenvalue weighted by molar-refractivity contribution is 0.182. The van der Waals surface area contributed by atoms with Crippen LogP contribution >= 0.6 is 35.7 Å². The van der Waals surface area contributed by atoms with Gasteiger partial charge in [0.1, 0.15) is 17.6 Å². The lowest BCUT2D eigenvalue weighted by Gasteiger charge is -2.16. The number of aliphatic hydroxyl groups excluding tert-OH is 1. The van der Waals surface area contributed by atoms with Crippen molar-refractivity contribution in [3.63, 3.8) is 0 Å². The Balaban J connectivity index is 0.00000420. The summed E-state index contributed by atoms with van der Waals surface area (Å²) in [5.74, 6) is 2.88. The van der Waals surface area contributed by atoms with Gasteiger partial charge in [0.15, 0.2) is 5.96 Å². The Morgan fingerprint density at radius 3 is 2.52 bits per heavy atom. The topological polar surface area (TPSA) is 75.1 Å². The second-order valence-electron chi connectivity index (χ2n) is 5.93. The first-order chi connectivity index (χ1) is 13.7. The highest BCUT2D eigenvalue weighted by atomic mass is 127. The van der Waals surface area contributed by atoms with Gasteiger partial charge in [-0.3, -0.25) is 4.99 Å². The first-order valence-corrected chi connectivity index (χ1v) is 10.3. The molecular formula is C21H30IN3O3S. The standard InChI is InChI=1S/C21H29N3O3S.HI/c1-4-22-21(23-12-13-28-17-8-6-5-7-9-17)24-15-19(25)18-14-16(26-2)10-11-20(18)27-3;/h5-11,14,19,25H,4,12-13,15H2,1-3H3,(H2,22,23,24);1H. The minimum Gasteiger partial charge on any atom is -0.497 e. The molecule has 2 aromatic carbocycles. The molecule has 2 rings (SSSR count). The van der Waals surface area contributed by atoms with E-state index in [0.717, 1.165) is 18.8 Å². The van der Waals surface area contributed by atoms with Crippen molar-refractivity contribution in [1.82, 2.24) is 10.6 Å². The molecule has 29 heavy (non-hydrogen) atoms. The molecule has 2 aromatic rings. The van der Waals surface area contributed by atoms with Crippen LogP contribution in [0.5, 0.6) is 11.5 Å². The lowest BCUT2D eigenvalue weighted by Crippen LogP contribution is -2.38. The largest absolute Gasteiger partial charge is 0.497 e. The van der Waals surface area contributed by atoms with Crippen LogP contribution in [0.3, 0.4) is 0 Å². The molecule has 0 amide bonds. The van der Waals surface area contributed by atoms with Gasteiger partial charge >= 0.3 is 0 Å². The second kappa shape index (κ2) is 14.4. The van der Waals surface area contributed by atoms with Gasteiger partial charge in [0.05, 0.1) is 20.8 Å². The number of rotatable bonds is 10. The summed E-state index contributed by atoms with van der Waals surface area (Å²) in [7, 11) is 3.17. The summed E-state index contributed by atoms with van der Waals surface area (Å²) >= 11 is 1.79. The number of guanidine groups is 1. The summed E-state index contributed by atoms with van der Waals surface area (Å²) < 4.78 is 10.6. The maximum Gasteiger partial charge on any atom is 0.191 e. The molecular weight excluding hydrogens is 501 g/mol. The number of thioether (sulfide) groups is 1.